The summed E-state index contributed by atoms with van der Waals surface area (Å²) in [7, 11) is 1.70. The number of piperidine rings is 1. The molecule has 2 N–H and O–H groups in total. The Hall–Kier alpha value is -1.07. The van der Waals surface area contributed by atoms with Gasteiger partial charge in [0, 0.05) is 32.4 Å². The van der Waals surface area contributed by atoms with Gasteiger partial charge in [-0.3, -0.25) is 4.68 Å². The summed E-state index contributed by atoms with van der Waals surface area (Å²) in [6.45, 7) is 3.52. The molecule has 1 atom stereocenters. The van der Waals surface area contributed by atoms with Gasteiger partial charge in [-0.25, -0.2) is 0 Å². The van der Waals surface area contributed by atoms with Crippen LogP contribution in [0, 0.1) is 0 Å². The van der Waals surface area contributed by atoms with Gasteiger partial charge in [0.15, 0.2) is 0 Å². The number of rotatable bonds is 4. The van der Waals surface area contributed by atoms with Crippen LogP contribution >= 0.6 is 0 Å². The monoisotopic (exact) mass is 224 g/mol. The van der Waals surface area contributed by atoms with Crippen molar-refractivity contribution in [2.45, 2.75) is 25.4 Å². The van der Waals surface area contributed by atoms with E-state index in [2.05, 4.69) is 16.2 Å². The minimum Gasteiger partial charge on any atom is -0.383 e. The van der Waals surface area contributed by atoms with Gasteiger partial charge >= 0.3 is 0 Å². The van der Waals surface area contributed by atoms with Crippen molar-refractivity contribution < 1.29 is 4.74 Å². The molecule has 1 aromatic rings. The van der Waals surface area contributed by atoms with Gasteiger partial charge < -0.3 is 15.4 Å². The van der Waals surface area contributed by atoms with Crippen LogP contribution in [-0.4, -0.2) is 42.6 Å². The first-order valence-corrected chi connectivity index (χ1v) is 5.81. The molecule has 5 heteroatoms. The minimum atomic E-state index is 0.302. The molecule has 0 spiro atoms. The first-order valence-electron chi connectivity index (χ1n) is 5.81. The Balaban J connectivity index is 1.95. The summed E-state index contributed by atoms with van der Waals surface area (Å²) in [6.07, 6.45) is 6.28. The van der Waals surface area contributed by atoms with Crippen molar-refractivity contribution in [2.24, 2.45) is 5.73 Å². The minimum absolute atomic E-state index is 0.302. The normalized spacial score (nSPS) is 21.4. The van der Waals surface area contributed by atoms with Gasteiger partial charge in [0.25, 0.3) is 0 Å². The third-order valence-corrected chi connectivity index (χ3v) is 2.97. The fraction of sp³-hybridized carbons (Fsp3) is 0.727. The summed E-state index contributed by atoms with van der Waals surface area (Å²) >= 11 is 0. The molecule has 1 saturated heterocycles. The van der Waals surface area contributed by atoms with Crippen LogP contribution in [0.3, 0.4) is 0 Å². The second-order valence-corrected chi connectivity index (χ2v) is 4.30. The van der Waals surface area contributed by atoms with Crippen LogP contribution in [0.15, 0.2) is 12.4 Å². The maximum atomic E-state index is 5.96. The lowest BCUT2D eigenvalue weighted by molar-refractivity contribution is 0.183. The lowest BCUT2D eigenvalue weighted by Crippen LogP contribution is -2.42. The highest BCUT2D eigenvalue weighted by Gasteiger charge is 2.17. The van der Waals surface area contributed by atoms with E-state index in [-0.39, 0.29) is 0 Å². The molecular formula is C11H20N4O. The first-order chi connectivity index (χ1) is 7.79. The Kier molecular flexibility index (Phi) is 3.79. The second-order valence-electron chi connectivity index (χ2n) is 4.30. The summed E-state index contributed by atoms with van der Waals surface area (Å²) in [6, 6.07) is 0.302. The van der Waals surface area contributed by atoms with Gasteiger partial charge in [0.1, 0.15) is 0 Å². The Labute approximate surface area is 96.2 Å². The van der Waals surface area contributed by atoms with E-state index >= 15 is 0 Å². The molecule has 16 heavy (non-hydrogen) atoms. The van der Waals surface area contributed by atoms with Crippen LogP contribution in [0.5, 0.6) is 0 Å². The average molecular weight is 224 g/mol. The molecule has 1 fully saturated rings. The Morgan fingerprint density at radius 3 is 3.25 bits per heavy atom. The van der Waals surface area contributed by atoms with Crippen LogP contribution in [0.2, 0.25) is 0 Å². The summed E-state index contributed by atoms with van der Waals surface area (Å²) in [5.74, 6) is 0. The number of anilines is 1. The van der Waals surface area contributed by atoms with Crippen LogP contribution in [0.4, 0.5) is 5.69 Å². The molecule has 2 rings (SSSR count). The van der Waals surface area contributed by atoms with Gasteiger partial charge in [-0.1, -0.05) is 0 Å². The van der Waals surface area contributed by atoms with E-state index in [9.17, 15) is 0 Å². The molecule has 0 radical (unpaired) electrons. The van der Waals surface area contributed by atoms with Crippen LogP contribution in [-0.2, 0) is 11.3 Å². The van der Waals surface area contributed by atoms with Crippen molar-refractivity contribution in [2.75, 3.05) is 31.7 Å². The lowest BCUT2D eigenvalue weighted by atomic mass is 10.1. The van der Waals surface area contributed by atoms with Gasteiger partial charge in [0.2, 0.25) is 0 Å². The molecule has 0 bridgehead atoms. The predicted octanol–water partition coefficient (Wildman–Crippen LogP) is 0.457. The van der Waals surface area contributed by atoms with Crippen molar-refractivity contribution in [3.63, 3.8) is 0 Å². The fourth-order valence-electron chi connectivity index (χ4n) is 2.07. The fourth-order valence-corrected chi connectivity index (χ4v) is 2.07. The highest BCUT2D eigenvalue weighted by Crippen LogP contribution is 2.18. The predicted molar refractivity (Wildman–Crippen MR) is 63.5 cm³/mol. The molecule has 1 aliphatic heterocycles. The van der Waals surface area contributed by atoms with E-state index < -0.39 is 0 Å². The van der Waals surface area contributed by atoms with Crippen molar-refractivity contribution in [1.29, 1.82) is 0 Å². The number of methoxy groups -OCH3 is 1. The molecule has 0 aliphatic carbocycles. The summed E-state index contributed by atoms with van der Waals surface area (Å²) < 4.78 is 6.94. The highest BCUT2D eigenvalue weighted by atomic mass is 16.5. The number of aromatic nitrogens is 2. The molecule has 0 aromatic carbocycles. The SMILES string of the molecule is COCCn1cc(N2CCCC(N)C2)cn1. The smallest absolute Gasteiger partial charge is 0.0753 e. The maximum Gasteiger partial charge on any atom is 0.0753 e. The van der Waals surface area contributed by atoms with Crippen molar-refractivity contribution in [3.8, 4) is 0 Å². The molecule has 1 unspecified atom stereocenters. The molecule has 0 saturated carbocycles. The zero-order valence-corrected chi connectivity index (χ0v) is 9.80. The zero-order chi connectivity index (χ0) is 11.4. The topological polar surface area (TPSA) is 56.3 Å². The average Bonchev–Trinajstić information content (AvgIpc) is 2.75. The van der Waals surface area contributed by atoms with E-state index in [4.69, 9.17) is 10.5 Å². The number of hydrogen-bond acceptors (Lipinski definition) is 4. The Morgan fingerprint density at radius 2 is 2.50 bits per heavy atom. The van der Waals surface area contributed by atoms with Crippen LogP contribution in [0.25, 0.3) is 0 Å². The Bertz CT molecular complexity index is 326. The van der Waals surface area contributed by atoms with Gasteiger partial charge in [-0.2, -0.15) is 5.10 Å². The maximum absolute atomic E-state index is 5.96. The summed E-state index contributed by atoms with van der Waals surface area (Å²) in [5, 5.41) is 4.31. The van der Waals surface area contributed by atoms with Crippen molar-refractivity contribution in [3.05, 3.63) is 12.4 Å². The summed E-state index contributed by atoms with van der Waals surface area (Å²) in [5.41, 5.74) is 7.13. The quantitative estimate of drug-likeness (QED) is 0.807. The second kappa shape index (κ2) is 5.32. The molecule has 90 valence electrons. The van der Waals surface area contributed by atoms with Gasteiger partial charge in [-0.05, 0) is 12.8 Å². The third kappa shape index (κ3) is 2.74. The molecule has 0 amide bonds. The molecule has 1 aliphatic rings. The van der Waals surface area contributed by atoms with Crippen LogP contribution in [0.1, 0.15) is 12.8 Å². The van der Waals surface area contributed by atoms with Crippen molar-refractivity contribution in [1.82, 2.24) is 9.78 Å². The zero-order valence-electron chi connectivity index (χ0n) is 9.80. The van der Waals surface area contributed by atoms with Gasteiger partial charge in [-0.15, -0.1) is 0 Å². The lowest BCUT2D eigenvalue weighted by Gasteiger charge is -2.31. The van der Waals surface area contributed by atoms with Crippen molar-refractivity contribution >= 4 is 5.69 Å². The third-order valence-electron chi connectivity index (χ3n) is 2.97. The number of nitrogens with two attached hydrogens (primary N) is 1. The van der Waals surface area contributed by atoms with Crippen LogP contribution < -0.4 is 10.6 Å². The van der Waals surface area contributed by atoms with E-state index in [1.54, 1.807) is 7.11 Å². The largest absolute Gasteiger partial charge is 0.383 e. The number of hydrogen-bond donors (Lipinski definition) is 1. The molecule has 2 heterocycles. The first kappa shape index (κ1) is 11.4. The molecular weight excluding hydrogens is 204 g/mol. The van der Waals surface area contributed by atoms with E-state index in [1.165, 1.54) is 12.1 Å². The molecule has 5 nitrogen and oxygen atoms in total. The van der Waals surface area contributed by atoms with E-state index in [0.29, 0.717) is 12.6 Å². The standard InChI is InChI=1S/C11H20N4O/c1-16-6-5-15-9-11(7-13-15)14-4-2-3-10(12)8-14/h7,9-10H,2-6,8,12H2,1H3. The van der Waals surface area contributed by atoms with Gasteiger partial charge in [0.05, 0.1) is 25.0 Å². The number of nitrogens with zero attached hydrogens (tertiary/aromatic N) is 3. The van der Waals surface area contributed by atoms with E-state index in [1.807, 2.05) is 10.9 Å². The number of ether oxygens (including phenoxy) is 1. The summed E-state index contributed by atoms with van der Waals surface area (Å²) in [4.78, 5) is 2.31. The molecule has 1 aromatic heterocycles. The highest BCUT2D eigenvalue weighted by molar-refractivity contribution is 5.43. The van der Waals surface area contributed by atoms with E-state index in [0.717, 1.165) is 26.1 Å². The Morgan fingerprint density at radius 1 is 1.62 bits per heavy atom.